The lowest BCUT2D eigenvalue weighted by atomic mass is 10.3. The maximum Gasteiger partial charge on any atom is 0.265 e. The number of thiophene rings is 1. The summed E-state index contributed by atoms with van der Waals surface area (Å²) in [6, 6.07) is 9.54. The highest BCUT2D eigenvalue weighted by atomic mass is 32.2. The van der Waals surface area contributed by atoms with E-state index in [-0.39, 0.29) is 5.91 Å². The Morgan fingerprint density at radius 2 is 2.24 bits per heavy atom. The number of nitrogens with one attached hydrogen (secondary N) is 1. The second-order valence-electron chi connectivity index (χ2n) is 3.36. The summed E-state index contributed by atoms with van der Waals surface area (Å²) >= 11 is 7.23. The van der Waals surface area contributed by atoms with Crippen molar-refractivity contribution in [3.05, 3.63) is 40.6 Å². The van der Waals surface area contributed by atoms with E-state index in [1.165, 1.54) is 11.3 Å². The van der Waals surface area contributed by atoms with Gasteiger partial charge in [0.2, 0.25) is 0 Å². The van der Waals surface area contributed by atoms with Crippen molar-refractivity contribution >= 4 is 47.3 Å². The average Bonchev–Trinajstić information content (AvgIpc) is 2.76. The van der Waals surface area contributed by atoms with Crippen molar-refractivity contribution in [1.82, 2.24) is 0 Å². The minimum absolute atomic E-state index is 0.0893. The van der Waals surface area contributed by atoms with Crippen LogP contribution in [0.2, 0.25) is 0 Å². The van der Waals surface area contributed by atoms with Crippen LogP contribution in [-0.2, 0) is 0 Å². The summed E-state index contributed by atoms with van der Waals surface area (Å²) in [6.07, 6.45) is 2.01. The first-order valence-electron chi connectivity index (χ1n) is 4.92. The minimum atomic E-state index is -0.0893. The summed E-state index contributed by atoms with van der Waals surface area (Å²) in [5.74, 6) is -0.0893. The molecule has 0 aliphatic rings. The molecule has 0 aliphatic heterocycles. The maximum absolute atomic E-state index is 11.9. The highest BCUT2D eigenvalue weighted by Crippen LogP contribution is 2.22. The molecule has 0 spiro atoms. The Morgan fingerprint density at radius 1 is 1.41 bits per heavy atom. The molecular weight excluding hydrogens is 270 g/mol. The van der Waals surface area contributed by atoms with E-state index in [1.54, 1.807) is 17.8 Å². The number of hydrogen-bond acceptors (Lipinski definition) is 4. The molecule has 0 fully saturated rings. The van der Waals surface area contributed by atoms with Crippen LogP contribution in [0.15, 0.2) is 45.5 Å². The first-order chi connectivity index (χ1) is 8.19. The number of amides is 1. The second kappa shape index (κ2) is 5.62. The maximum atomic E-state index is 11.9. The first-order valence-corrected chi connectivity index (χ1v) is 7.47. The quantitative estimate of drug-likeness (QED) is 0.657. The van der Waals surface area contributed by atoms with E-state index in [0.717, 1.165) is 15.5 Å². The molecule has 0 saturated heterocycles. The molecule has 0 unspecified atom stereocenters. The van der Waals surface area contributed by atoms with E-state index < -0.39 is 0 Å². The van der Waals surface area contributed by atoms with Gasteiger partial charge in [0.25, 0.3) is 5.91 Å². The molecule has 5 heteroatoms. The standard InChI is InChI=1S/C12H11NOS3/c1-16-10-4-2-3-8(5-10)13-12(14)11-6-9(15)7-17-11/h2-7,15H,1H3,(H,13,14). The van der Waals surface area contributed by atoms with Gasteiger partial charge in [-0.1, -0.05) is 6.07 Å². The molecule has 1 aromatic carbocycles. The third kappa shape index (κ3) is 3.28. The van der Waals surface area contributed by atoms with E-state index in [9.17, 15) is 4.79 Å². The lowest BCUT2D eigenvalue weighted by Gasteiger charge is -2.04. The Balaban J connectivity index is 2.12. The number of hydrogen-bond donors (Lipinski definition) is 2. The molecule has 0 atom stereocenters. The summed E-state index contributed by atoms with van der Waals surface area (Å²) in [4.78, 5) is 14.5. The Labute approximate surface area is 114 Å². The van der Waals surface area contributed by atoms with Crippen LogP contribution in [-0.4, -0.2) is 12.2 Å². The van der Waals surface area contributed by atoms with Gasteiger partial charge < -0.3 is 5.32 Å². The molecule has 2 rings (SSSR count). The monoisotopic (exact) mass is 281 g/mol. The molecule has 0 radical (unpaired) electrons. The molecule has 88 valence electrons. The van der Waals surface area contributed by atoms with Crippen molar-refractivity contribution in [2.45, 2.75) is 9.79 Å². The van der Waals surface area contributed by atoms with E-state index in [0.29, 0.717) is 4.88 Å². The summed E-state index contributed by atoms with van der Waals surface area (Å²) in [7, 11) is 0. The van der Waals surface area contributed by atoms with Crippen LogP contribution in [0.5, 0.6) is 0 Å². The Morgan fingerprint density at radius 3 is 2.88 bits per heavy atom. The molecular formula is C12H11NOS3. The molecule has 0 bridgehead atoms. The Hall–Kier alpha value is -0.910. The normalized spacial score (nSPS) is 10.2. The van der Waals surface area contributed by atoms with Crippen LogP contribution in [0.3, 0.4) is 0 Å². The van der Waals surface area contributed by atoms with Crippen LogP contribution >= 0.6 is 35.7 Å². The number of thiol groups is 1. The first kappa shape index (κ1) is 12.5. The van der Waals surface area contributed by atoms with Crippen molar-refractivity contribution in [3.63, 3.8) is 0 Å². The predicted octanol–water partition coefficient (Wildman–Crippen LogP) is 4.01. The fourth-order valence-corrected chi connectivity index (χ4v) is 2.84. The molecule has 1 N–H and O–H groups in total. The third-order valence-corrected chi connectivity index (χ3v) is 4.22. The van der Waals surface area contributed by atoms with Crippen molar-refractivity contribution in [2.75, 3.05) is 11.6 Å². The lowest BCUT2D eigenvalue weighted by Crippen LogP contribution is -2.09. The van der Waals surface area contributed by atoms with Crippen molar-refractivity contribution in [3.8, 4) is 0 Å². The summed E-state index contributed by atoms with van der Waals surface area (Å²) in [6.45, 7) is 0. The highest BCUT2D eigenvalue weighted by molar-refractivity contribution is 7.98. The zero-order chi connectivity index (χ0) is 12.3. The zero-order valence-electron chi connectivity index (χ0n) is 9.14. The van der Waals surface area contributed by atoms with Gasteiger partial charge in [0.05, 0.1) is 4.88 Å². The molecule has 1 aromatic heterocycles. The van der Waals surface area contributed by atoms with Gasteiger partial charge in [-0.05, 0) is 30.5 Å². The Kier molecular flexibility index (Phi) is 4.15. The van der Waals surface area contributed by atoms with E-state index in [4.69, 9.17) is 0 Å². The van der Waals surface area contributed by atoms with Gasteiger partial charge >= 0.3 is 0 Å². The summed E-state index contributed by atoms with van der Waals surface area (Å²) in [5.41, 5.74) is 0.816. The van der Waals surface area contributed by atoms with Gasteiger partial charge in [-0.25, -0.2) is 0 Å². The van der Waals surface area contributed by atoms with Gasteiger partial charge in [0.15, 0.2) is 0 Å². The van der Waals surface area contributed by atoms with Crippen LogP contribution in [0.25, 0.3) is 0 Å². The van der Waals surface area contributed by atoms with Crippen molar-refractivity contribution in [1.29, 1.82) is 0 Å². The van der Waals surface area contributed by atoms with Gasteiger partial charge in [0.1, 0.15) is 0 Å². The minimum Gasteiger partial charge on any atom is -0.321 e. The second-order valence-corrected chi connectivity index (χ2v) is 5.66. The largest absolute Gasteiger partial charge is 0.321 e. The fraction of sp³-hybridized carbons (Fsp3) is 0.0833. The van der Waals surface area contributed by atoms with Gasteiger partial charge in [-0.2, -0.15) is 0 Å². The van der Waals surface area contributed by atoms with Gasteiger partial charge in [-0.3, -0.25) is 4.79 Å². The smallest absolute Gasteiger partial charge is 0.265 e. The van der Waals surface area contributed by atoms with E-state index in [2.05, 4.69) is 17.9 Å². The molecule has 0 aliphatic carbocycles. The molecule has 2 aromatic rings. The number of carbonyl (C=O) groups is 1. The van der Waals surface area contributed by atoms with Gasteiger partial charge in [-0.15, -0.1) is 35.7 Å². The lowest BCUT2D eigenvalue weighted by molar-refractivity contribution is 0.103. The number of rotatable bonds is 3. The van der Waals surface area contributed by atoms with Crippen molar-refractivity contribution in [2.24, 2.45) is 0 Å². The van der Waals surface area contributed by atoms with Crippen LogP contribution in [0.4, 0.5) is 5.69 Å². The number of carbonyl (C=O) groups excluding carboxylic acids is 1. The van der Waals surface area contributed by atoms with Crippen LogP contribution in [0.1, 0.15) is 9.67 Å². The third-order valence-electron chi connectivity index (χ3n) is 2.14. The van der Waals surface area contributed by atoms with Crippen LogP contribution < -0.4 is 5.32 Å². The van der Waals surface area contributed by atoms with Crippen molar-refractivity contribution < 1.29 is 4.79 Å². The highest BCUT2D eigenvalue weighted by Gasteiger charge is 2.08. The molecule has 2 nitrogen and oxygen atoms in total. The van der Waals surface area contributed by atoms with E-state index >= 15 is 0 Å². The number of anilines is 1. The van der Waals surface area contributed by atoms with Crippen LogP contribution in [0, 0.1) is 0 Å². The average molecular weight is 281 g/mol. The number of benzene rings is 1. The fourth-order valence-electron chi connectivity index (χ4n) is 1.34. The van der Waals surface area contributed by atoms with E-state index in [1.807, 2.05) is 35.9 Å². The summed E-state index contributed by atoms with van der Waals surface area (Å²) in [5, 5.41) is 4.71. The SMILES string of the molecule is CSc1cccc(NC(=O)c2cc(S)cs2)c1. The molecule has 1 amide bonds. The zero-order valence-corrected chi connectivity index (χ0v) is 11.7. The molecule has 0 saturated carbocycles. The molecule has 1 heterocycles. The molecule has 17 heavy (non-hydrogen) atoms. The predicted molar refractivity (Wildman–Crippen MR) is 77.7 cm³/mol. The Bertz CT molecular complexity index is 536. The summed E-state index contributed by atoms with van der Waals surface area (Å²) < 4.78 is 0. The number of thioether (sulfide) groups is 1. The van der Waals surface area contributed by atoms with Gasteiger partial charge in [0, 0.05) is 20.9 Å². The topological polar surface area (TPSA) is 29.1 Å².